The molecular weight excluding hydrogens is 381 g/mol. The summed E-state index contributed by atoms with van der Waals surface area (Å²) in [4.78, 5) is 13.7. The smallest absolute Gasteiger partial charge is 0.486 e. The van der Waals surface area contributed by atoms with Gasteiger partial charge in [-0.05, 0) is 31.2 Å². The first-order valence-electron chi connectivity index (χ1n) is 8.92. The highest BCUT2D eigenvalue weighted by Gasteiger charge is 2.38. The Bertz CT molecular complexity index is 657. The number of alkyl halides is 3. The maximum Gasteiger partial charge on any atom is 0.490 e. The molecule has 0 aliphatic carbocycles. The largest absolute Gasteiger partial charge is 0.490 e. The first-order valence-corrected chi connectivity index (χ1v) is 8.92. The number of carbonyl (C=O) groups is 1. The molecule has 1 aromatic rings. The van der Waals surface area contributed by atoms with E-state index in [9.17, 15) is 13.2 Å². The van der Waals surface area contributed by atoms with Gasteiger partial charge in [-0.15, -0.1) is 0 Å². The van der Waals surface area contributed by atoms with Crippen LogP contribution in [0.1, 0.15) is 12.0 Å². The van der Waals surface area contributed by atoms with Gasteiger partial charge in [-0.25, -0.2) is 4.79 Å². The van der Waals surface area contributed by atoms with Crippen LogP contribution < -0.4 is 9.47 Å². The molecule has 2 N–H and O–H groups in total. The molecule has 1 fully saturated rings. The van der Waals surface area contributed by atoms with Crippen molar-refractivity contribution in [2.75, 3.05) is 46.5 Å². The summed E-state index contributed by atoms with van der Waals surface area (Å²) in [5.74, 6) is -1.05. The van der Waals surface area contributed by atoms with Crippen LogP contribution in [0.5, 0.6) is 11.5 Å². The van der Waals surface area contributed by atoms with E-state index in [2.05, 4.69) is 29.0 Å². The molecule has 0 amide bonds. The molecule has 1 atom stereocenters. The average Bonchev–Trinajstić information content (AvgIpc) is 2.64. The third-order valence-electron chi connectivity index (χ3n) is 4.58. The molecule has 0 spiro atoms. The zero-order valence-corrected chi connectivity index (χ0v) is 15.6. The van der Waals surface area contributed by atoms with Crippen LogP contribution in [0.25, 0.3) is 0 Å². The van der Waals surface area contributed by atoms with Gasteiger partial charge in [0, 0.05) is 38.8 Å². The number of rotatable bonds is 4. The summed E-state index contributed by atoms with van der Waals surface area (Å²) >= 11 is 0. The van der Waals surface area contributed by atoms with Gasteiger partial charge in [0.2, 0.25) is 0 Å². The minimum atomic E-state index is -5.08. The average molecular weight is 406 g/mol. The molecular formula is C18H25F3N2O5. The maximum absolute atomic E-state index is 10.6. The Balaban J connectivity index is 0.000000345. The predicted octanol–water partition coefficient (Wildman–Crippen LogP) is 1.59. The molecule has 7 nitrogen and oxygen atoms in total. The fourth-order valence-electron chi connectivity index (χ4n) is 3.06. The van der Waals surface area contributed by atoms with Crippen molar-refractivity contribution < 1.29 is 37.7 Å². The fourth-order valence-corrected chi connectivity index (χ4v) is 3.06. The van der Waals surface area contributed by atoms with Crippen LogP contribution in [0.15, 0.2) is 18.2 Å². The van der Waals surface area contributed by atoms with Crippen LogP contribution in [-0.2, 0) is 11.3 Å². The zero-order chi connectivity index (χ0) is 20.7. The van der Waals surface area contributed by atoms with Crippen molar-refractivity contribution >= 4 is 5.97 Å². The third-order valence-corrected chi connectivity index (χ3v) is 4.58. The van der Waals surface area contributed by atoms with E-state index in [-0.39, 0.29) is 6.61 Å². The van der Waals surface area contributed by atoms with E-state index >= 15 is 0 Å². The molecule has 10 heteroatoms. The first-order chi connectivity index (χ1) is 13.2. The Morgan fingerprint density at radius 1 is 1.21 bits per heavy atom. The Labute approximate surface area is 161 Å². The maximum atomic E-state index is 10.6. The van der Waals surface area contributed by atoms with Gasteiger partial charge >= 0.3 is 12.1 Å². The Hall–Kier alpha value is -2.04. The number of aliphatic hydroxyl groups excluding tert-OH is 1. The van der Waals surface area contributed by atoms with Gasteiger partial charge < -0.3 is 24.6 Å². The molecule has 158 valence electrons. The number of aliphatic carboxylic acids is 1. The molecule has 1 unspecified atom stereocenters. The van der Waals surface area contributed by atoms with Gasteiger partial charge in [0.05, 0.1) is 0 Å². The molecule has 1 saturated heterocycles. The van der Waals surface area contributed by atoms with Crippen LogP contribution in [0.2, 0.25) is 0 Å². The van der Waals surface area contributed by atoms with Crippen molar-refractivity contribution in [2.24, 2.45) is 0 Å². The van der Waals surface area contributed by atoms with E-state index in [4.69, 9.17) is 24.5 Å². The molecule has 3 rings (SSSR count). The van der Waals surface area contributed by atoms with Crippen molar-refractivity contribution in [3.8, 4) is 11.5 Å². The summed E-state index contributed by atoms with van der Waals surface area (Å²) in [6.07, 6.45) is -4.24. The zero-order valence-electron chi connectivity index (χ0n) is 15.6. The second-order valence-electron chi connectivity index (χ2n) is 6.66. The van der Waals surface area contributed by atoms with E-state index in [0.29, 0.717) is 19.3 Å². The summed E-state index contributed by atoms with van der Waals surface area (Å²) < 4.78 is 42.9. The van der Waals surface area contributed by atoms with Gasteiger partial charge in [-0.3, -0.25) is 4.90 Å². The number of likely N-dealkylation sites (N-methyl/N-ethyl adjacent to an activating group) is 1. The number of carboxylic acid groups (broad SMARTS) is 1. The van der Waals surface area contributed by atoms with Gasteiger partial charge in [0.25, 0.3) is 0 Å². The van der Waals surface area contributed by atoms with Crippen LogP contribution in [0.3, 0.4) is 0 Å². The minimum Gasteiger partial charge on any atom is -0.486 e. The predicted molar refractivity (Wildman–Crippen MR) is 94.5 cm³/mol. The number of fused-ring (bicyclic) bond motifs is 1. The number of hydrogen-bond acceptors (Lipinski definition) is 6. The van der Waals surface area contributed by atoms with E-state index in [1.165, 1.54) is 5.56 Å². The topological polar surface area (TPSA) is 82.5 Å². The molecule has 2 aliphatic heterocycles. The fraction of sp³-hybridized carbons (Fsp3) is 0.611. The van der Waals surface area contributed by atoms with E-state index in [1.807, 2.05) is 6.07 Å². The lowest BCUT2D eigenvalue weighted by Crippen LogP contribution is -2.51. The molecule has 1 aromatic carbocycles. The Kier molecular flexibility index (Phi) is 7.90. The number of nitrogens with zero attached hydrogens (tertiary/aromatic N) is 2. The summed E-state index contributed by atoms with van der Waals surface area (Å²) in [7, 11) is 2.14. The van der Waals surface area contributed by atoms with Crippen LogP contribution in [-0.4, -0.2) is 84.7 Å². The summed E-state index contributed by atoms with van der Waals surface area (Å²) in [6.45, 7) is 5.56. The number of hydrogen-bond donors (Lipinski definition) is 2. The Morgan fingerprint density at radius 2 is 1.86 bits per heavy atom. The molecule has 0 saturated carbocycles. The van der Waals surface area contributed by atoms with Gasteiger partial charge in [-0.2, -0.15) is 13.2 Å². The number of benzene rings is 1. The van der Waals surface area contributed by atoms with Gasteiger partial charge in [-0.1, -0.05) is 6.07 Å². The highest BCUT2D eigenvalue weighted by molar-refractivity contribution is 5.73. The first kappa shape index (κ1) is 22.3. The second-order valence-corrected chi connectivity index (χ2v) is 6.66. The number of ether oxygens (including phenoxy) is 2. The summed E-state index contributed by atoms with van der Waals surface area (Å²) in [5.41, 5.74) is 1.26. The summed E-state index contributed by atoms with van der Waals surface area (Å²) in [5, 5.41) is 16.3. The van der Waals surface area contributed by atoms with Crippen LogP contribution >= 0.6 is 0 Å². The molecule has 0 aromatic heterocycles. The summed E-state index contributed by atoms with van der Waals surface area (Å²) in [6, 6.07) is 6.66. The standard InChI is InChI=1S/C16H24N2O3.C2HF3O2/c1-17-5-6-18(12-14(17)4-7-19)11-13-2-3-15-16(10-13)21-9-8-20-15;3-2(4,5)1(6)7/h2-3,10,14,19H,4-9,11-12H2,1H3;(H,6,7). The van der Waals surface area contributed by atoms with Crippen molar-refractivity contribution in [2.45, 2.75) is 25.2 Å². The quantitative estimate of drug-likeness (QED) is 0.786. The third kappa shape index (κ3) is 6.54. The molecule has 0 radical (unpaired) electrons. The monoisotopic (exact) mass is 406 g/mol. The van der Waals surface area contributed by atoms with Gasteiger partial charge in [0.1, 0.15) is 13.2 Å². The number of piperazine rings is 1. The van der Waals surface area contributed by atoms with Crippen LogP contribution in [0, 0.1) is 0 Å². The molecule has 28 heavy (non-hydrogen) atoms. The Morgan fingerprint density at radius 3 is 2.46 bits per heavy atom. The number of halogens is 3. The normalized spacial score (nSPS) is 20.2. The van der Waals surface area contributed by atoms with E-state index in [0.717, 1.165) is 44.1 Å². The highest BCUT2D eigenvalue weighted by atomic mass is 19.4. The van der Waals surface area contributed by atoms with Crippen molar-refractivity contribution in [3.63, 3.8) is 0 Å². The lowest BCUT2D eigenvalue weighted by Gasteiger charge is -2.39. The lowest BCUT2D eigenvalue weighted by molar-refractivity contribution is -0.192. The lowest BCUT2D eigenvalue weighted by atomic mass is 10.1. The van der Waals surface area contributed by atoms with Gasteiger partial charge in [0.15, 0.2) is 11.5 Å². The molecule has 2 heterocycles. The second kappa shape index (κ2) is 9.94. The molecule has 0 bridgehead atoms. The number of aliphatic hydroxyl groups is 1. The van der Waals surface area contributed by atoms with Crippen molar-refractivity contribution in [1.29, 1.82) is 0 Å². The van der Waals surface area contributed by atoms with E-state index in [1.54, 1.807) is 0 Å². The highest BCUT2D eigenvalue weighted by Crippen LogP contribution is 2.31. The van der Waals surface area contributed by atoms with Crippen molar-refractivity contribution in [3.05, 3.63) is 23.8 Å². The van der Waals surface area contributed by atoms with Crippen molar-refractivity contribution in [1.82, 2.24) is 9.80 Å². The SMILES string of the molecule is CN1CCN(Cc2ccc3c(c2)OCCO3)CC1CCO.O=C(O)C(F)(F)F. The van der Waals surface area contributed by atoms with E-state index < -0.39 is 12.1 Å². The number of carboxylic acids is 1. The minimum absolute atomic E-state index is 0.257. The molecule has 2 aliphatic rings. The van der Waals surface area contributed by atoms with Crippen LogP contribution in [0.4, 0.5) is 13.2 Å².